The first-order valence-electron chi connectivity index (χ1n) is 5.33. The maximum atomic E-state index is 5.53. The van der Waals surface area contributed by atoms with Crippen LogP contribution in [0.5, 0.6) is 17.2 Å². The molecule has 0 aliphatic rings. The molecule has 0 fully saturated rings. The van der Waals surface area contributed by atoms with Crippen LogP contribution in [0.1, 0.15) is 5.56 Å². The average molecular weight is 241 g/mol. The summed E-state index contributed by atoms with van der Waals surface area (Å²) in [4.78, 5) is 0. The Morgan fingerprint density at radius 3 is 2.06 bits per heavy atom. The molecule has 2 N–H and O–H groups in total. The van der Waals surface area contributed by atoms with Gasteiger partial charge in [-0.1, -0.05) is 0 Å². The van der Waals surface area contributed by atoms with E-state index >= 15 is 0 Å². The molecule has 5 heteroatoms. The van der Waals surface area contributed by atoms with Crippen LogP contribution in [0, 0.1) is 0 Å². The lowest BCUT2D eigenvalue weighted by molar-refractivity contribution is 0.0471. The van der Waals surface area contributed by atoms with Crippen molar-refractivity contribution < 1.29 is 18.9 Å². The van der Waals surface area contributed by atoms with Gasteiger partial charge in [0.25, 0.3) is 0 Å². The Kier molecular flexibility index (Phi) is 5.59. The molecule has 0 saturated carbocycles. The molecule has 17 heavy (non-hydrogen) atoms. The van der Waals surface area contributed by atoms with Gasteiger partial charge in [-0.15, -0.1) is 0 Å². The summed E-state index contributed by atoms with van der Waals surface area (Å²) in [5.74, 6) is 1.77. The molecule has 96 valence electrons. The molecule has 1 rings (SSSR count). The standard InChI is InChI=1S/C12H19NO4/c1-14-8-17-12-10(15-2)6-9(4-5-13)7-11(12)16-3/h6-7H,4-5,8,13H2,1-3H3. The highest BCUT2D eigenvalue weighted by Crippen LogP contribution is 2.38. The largest absolute Gasteiger partial charge is 0.493 e. The van der Waals surface area contributed by atoms with Gasteiger partial charge in [-0.25, -0.2) is 0 Å². The van der Waals surface area contributed by atoms with Crippen LogP contribution < -0.4 is 19.9 Å². The molecule has 1 aromatic rings. The van der Waals surface area contributed by atoms with E-state index in [-0.39, 0.29) is 6.79 Å². The van der Waals surface area contributed by atoms with E-state index in [1.165, 1.54) is 0 Å². The number of nitrogens with two attached hydrogens (primary N) is 1. The van der Waals surface area contributed by atoms with Gasteiger partial charge in [-0.3, -0.25) is 0 Å². The first-order valence-corrected chi connectivity index (χ1v) is 5.33. The Morgan fingerprint density at radius 1 is 1.06 bits per heavy atom. The zero-order chi connectivity index (χ0) is 12.7. The van der Waals surface area contributed by atoms with Gasteiger partial charge >= 0.3 is 0 Å². The van der Waals surface area contributed by atoms with Crippen molar-refractivity contribution >= 4 is 0 Å². The first-order chi connectivity index (χ1) is 8.26. The maximum absolute atomic E-state index is 5.53. The van der Waals surface area contributed by atoms with Crippen LogP contribution in [0.15, 0.2) is 12.1 Å². The molecule has 0 bridgehead atoms. The Balaban J connectivity index is 3.07. The normalized spacial score (nSPS) is 10.1. The summed E-state index contributed by atoms with van der Waals surface area (Å²) in [6.45, 7) is 0.716. The second-order valence-corrected chi connectivity index (χ2v) is 3.42. The third kappa shape index (κ3) is 3.51. The monoisotopic (exact) mass is 241 g/mol. The van der Waals surface area contributed by atoms with E-state index in [1.807, 2.05) is 12.1 Å². The summed E-state index contributed by atoms with van der Waals surface area (Å²) < 4.78 is 20.8. The molecule has 0 unspecified atom stereocenters. The average Bonchev–Trinajstić information content (AvgIpc) is 2.36. The summed E-state index contributed by atoms with van der Waals surface area (Å²) in [5.41, 5.74) is 6.58. The number of benzene rings is 1. The lowest BCUT2D eigenvalue weighted by atomic mass is 10.1. The van der Waals surface area contributed by atoms with E-state index in [4.69, 9.17) is 24.7 Å². The van der Waals surface area contributed by atoms with Crippen molar-refractivity contribution in [1.82, 2.24) is 0 Å². The fourth-order valence-corrected chi connectivity index (χ4v) is 1.51. The Hall–Kier alpha value is -1.46. The van der Waals surface area contributed by atoms with Crippen molar-refractivity contribution in [3.05, 3.63) is 17.7 Å². The van der Waals surface area contributed by atoms with Crippen molar-refractivity contribution in [2.45, 2.75) is 6.42 Å². The minimum absolute atomic E-state index is 0.142. The maximum Gasteiger partial charge on any atom is 0.206 e. The predicted octanol–water partition coefficient (Wildman–Crippen LogP) is 1.19. The van der Waals surface area contributed by atoms with Crippen LogP contribution in [0.3, 0.4) is 0 Å². The fourth-order valence-electron chi connectivity index (χ4n) is 1.51. The van der Waals surface area contributed by atoms with Crippen LogP contribution in [-0.2, 0) is 11.2 Å². The van der Waals surface area contributed by atoms with Crippen molar-refractivity contribution in [1.29, 1.82) is 0 Å². The van der Waals surface area contributed by atoms with Gasteiger partial charge in [0.2, 0.25) is 5.75 Å². The van der Waals surface area contributed by atoms with Gasteiger partial charge in [-0.2, -0.15) is 0 Å². The van der Waals surface area contributed by atoms with Crippen molar-refractivity contribution in [3.8, 4) is 17.2 Å². The minimum Gasteiger partial charge on any atom is -0.493 e. The highest BCUT2D eigenvalue weighted by Gasteiger charge is 2.13. The molecule has 0 aromatic heterocycles. The Bertz CT molecular complexity index is 329. The van der Waals surface area contributed by atoms with E-state index < -0.39 is 0 Å². The number of rotatable bonds is 7. The number of methoxy groups -OCH3 is 3. The smallest absolute Gasteiger partial charge is 0.206 e. The van der Waals surface area contributed by atoms with Crippen LogP contribution in [0.25, 0.3) is 0 Å². The van der Waals surface area contributed by atoms with Crippen LogP contribution in [-0.4, -0.2) is 34.7 Å². The molecule has 0 saturated heterocycles. The second kappa shape index (κ2) is 6.98. The Morgan fingerprint density at radius 2 is 1.65 bits per heavy atom. The van der Waals surface area contributed by atoms with E-state index in [9.17, 15) is 0 Å². The molecule has 0 atom stereocenters. The van der Waals surface area contributed by atoms with Crippen molar-refractivity contribution in [2.75, 3.05) is 34.7 Å². The zero-order valence-electron chi connectivity index (χ0n) is 10.5. The van der Waals surface area contributed by atoms with Gasteiger partial charge in [0.15, 0.2) is 18.3 Å². The van der Waals surface area contributed by atoms with Crippen LogP contribution >= 0.6 is 0 Å². The van der Waals surface area contributed by atoms with Crippen molar-refractivity contribution in [2.24, 2.45) is 5.73 Å². The lowest BCUT2D eigenvalue weighted by Crippen LogP contribution is -2.06. The molecule has 0 aliphatic heterocycles. The number of ether oxygens (including phenoxy) is 4. The summed E-state index contributed by atoms with van der Waals surface area (Å²) in [6.07, 6.45) is 0.761. The predicted molar refractivity (Wildman–Crippen MR) is 64.8 cm³/mol. The van der Waals surface area contributed by atoms with E-state index in [1.54, 1.807) is 21.3 Å². The van der Waals surface area contributed by atoms with E-state index in [2.05, 4.69) is 0 Å². The third-order valence-corrected chi connectivity index (χ3v) is 2.27. The van der Waals surface area contributed by atoms with Gasteiger partial charge in [-0.05, 0) is 30.7 Å². The highest BCUT2D eigenvalue weighted by molar-refractivity contribution is 5.53. The fraction of sp³-hybridized carbons (Fsp3) is 0.500. The summed E-state index contributed by atoms with van der Waals surface area (Å²) >= 11 is 0. The van der Waals surface area contributed by atoms with Crippen molar-refractivity contribution in [3.63, 3.8) is 0 Å². The molecular formula is C12H19NO4. The number of hydrogen-bond acceptors (Lipinski definition) is 5. The highest BCUT2D eigenvalue weighted by atomic mass is 16.7. The number of hydrogen-bond donors (Lipinski definition) is 1. The summed E-state index contributed by atoms with van der Waals surface area (Å²) in [6, 6.07) is 3.78. The lowest BCUT2D eigenvalue weighted by Gasteiger charge is -2.15. The molecule has 0 radical (unpaired) electrons. The van der Waals surface area contributed by atoms with Gasteiger partial charge in [0.1, 0.15) is 0 Å². The van der Waals surface area contributed by atoms with E-state index in [0.717, 1.165) is 12.0 Å². The summed E-state index contributed by atoms with van der Waals surface area (Å²) in [5, 5.41) is 0. The van der Waals surface area contributed by atoms with Gasteiger partial charge < -0.3 is 24.7 Å². The van der Waals surface area contributed by atoms with Gasteiger partial charge in [0, 0.05) is 7.11 Å². The molecule has 0 spiro atoms. The van der Waals surface area contributed by atoms with Gasteiger partial charge in [0.05, 0.1) is 14.2 Å². The molecular weight excluding hydrogens is 222 g/mol. The van der Waals surface area contributed by atoms with E-state index in [0.29, 0.717) is 23.8 Å². The first kappa shape index (κ1) is 13.6. The summed E-state index contributed by atoms with van der Waals surface area (Å²) in [7, 11) is 4.73. The quantitative estimate of drug-likeness (QED) is 0.726. The topological polar surface area (TPSA) is 62.9 Å². The van der Waals surface area contributed by atoms with Crippen LogP contribution in [0.4, 0.5) is 0 Å². The molecule has 1 aromatic carbocycles. The zero-order valence-corrected chi connectivity index (χ0v) is 10.5. The minimum atomic E-state index is 0.142. The molecule has 0 amide bonds. The Labute approximate surface area is 101 Å². The molecule has 0 heterocycles. The molecule has 5 nitrogen and oxygen atoms in total. The molecule has 0 aliphatic carbocycles. The second-order valence-electron chi connectivity index (χ2n) is 3.42. The third-order valence-electron chi connectivity index (χ3n) is 2.27. The SMILES string of the molecule is COCOc1c(OC)cc(CCN)cc1OC. The van der Waals surface area contributed by atoms with Crippen LogP contribution in [0.2, 0.25) is 0 Å².